The summed E-state index contributed by atoms with van der Waals surface area (Å²) in [6.45, 7) is 0. The van der Waals surface area contributed by atoms with Gasteiger partial charge in [-0.3, -0.25) is 10.1 Å². The van der Waals surface area contributed by atoms with Crippen LogP contribution in [0, 0.1) is 13.7 Å². The molecule has 1 fully saturated rings. The number of hydrogen-bond acceptors (Lipinski definition) is 4. The minimum atomic E-state index is -0.345. The molecular formula is C11H13IN2O2S. The summed E-state index contributed by atoms with van der Waals surface area (Å²) in [6, 6.07) is 5.70. The van der Waals surface area contributed by atoms with Crippen LogP contribution in [0.2, 0.25) is 0 Å². The number of rotatable bonds is 3. The van der Waals surface area contributed by atoms with Crippen LogP contribution in [0.15, 0.2) is 18.2 Å². The number of nitro benzene ring substituents is 1. The smallest absolute Gasteiger partial charge is 0.282 e. The van der Waals surface area contributed by atoms with Gasteiger partial charge in [-0.2, -0.15) is 11.8 Å². The van der Waals surface area contributed by atoms with Crippen molar-refractivity contribution < 1.29 is 4.92 Å². The van der Waals surface area contributed by atoms with Gasteiger partial charge in [0.1, 0.15) is 0 Å². The van der Waals surface area contributed by atoms with Crippen LogP contribution in [0.1, 0.15) is 12.8 Å². The number of benzene rings is 1. The second kappa shape index (κ2) is 5.90. The topological polar surface area (TPSA) is 55.2 Å². The first kappa shape index (κ1) is 12.9. The van der Waals surface area contributed by atoms with Gasteiger partial charge in [-0.05, 0) is 53.3 Å². The van der Waals surface area contributed by atoms with Gasteiger partial charge in [-0.15, -0.1) is 0 Å². The fraction of sp³-hybridized carbons (Fsp3) is 0.455. The molecule has 0 aromatic heterocycles. The van der Waals surface area contributed by atoms with Gasteiger partial charge in [0, 0.05) is 23.5 Å². The second-order valence-electron chi connectivity index (χ2n) is 3.98. The molecular weight excluding hydrogens is 351 g/mol. The highest BCUT2D eigenvalue weighted by molar-refractivity contribution is 14.1. The van der Waals surface area contributed by atoms with E-state index >= 15 is 0 Å². The Kier molecular flexibility index (Phi) is 4.49. The SMILES string of the molecule is O=[N+]([O-])c1ccc(NC2CCCSC2)cc1I. The van der Waals surface area contributed by atoms with Crippen molar-refractivity contribution in [2.24, 2.45) is 0 Å². The molecule has 1 aromatic rings. The molecule has 1 aliphatic heterocycles. The van der Waals surface area contributed by atoms with Gasteiger partial charge >= 0.3 is 0 Å². The fourth-order valence-electron chi connectivity index (χ4n) is 1.84. The number of hydrogen-bond donors (Lipinski definition) is 1. The van der Waals surface area contributed by atoms with Crippen molar-refractivity contribution >= 4 is 45.7 Å². The second-order valence-corrected chi connectivity index (χ2v) is 6.29. The summed E-state index contributed by atoms with van der Waals surface area (Å²) in [5.74, 6) is 2.36. The summed E-state index contributed by atoms with van der Waals surface area (Å²) in [6.07, 6.45) is 2.42. The first-order valence-electron chi connectivity index (χ1n) is 5.45. The molecule has 0 radical (unpaired) electrons. The molecule has 0 amide bonds. The zero-order chi connectivity index (χ0) is 12.3. The molecule has 17 heavy (non-hydrogen) atoms. The van der Waals surface area contributed by atoms with Crippen molar-refractivity contribution in [1.29, 1.82) is 0 Å². The molecule has 0 spiro atoms. The Hall–Kier alpha value is -0.500. The summed E-state index contributed by atoms with van der Waals surface area (Å²) in [4.78, 5) is 10.4. The molecule has 6 heteroatoms. The summed E-state index contributed by atoms with van der Waals surface area (Å²) in [5.41, 5.74) is 1.15. The summed E-state index contributed by atoms with van der Waals surface area (Å²) >= 11 is 3.97. The van der Waals surface area contributed by atoms with Crippen molar-refractivity contribution in [1.82, 2.24) is 0 Å². The van der Waals surface area contributed by atoms with Crippen molar-refractivity contribution in [3.05, 3.63) is 31.9 Å². The highest BCUT2D eigenvalue weighted by atomic mass is 127. The maximum atomic E-state index is 10.7. The van der Waals surface area contributed by atoms with Crippen LogP contribution >= 0.6 is 34.4 Å². The van der Waals surface area contributed by atoms with Gasteiger partial charge in [-0.25, -0.2) is 0 Å². The maximum absolute atomic E-state index is 10.7. The van der Waals surface area contributed by atoms with E-state index in [0.29, 0.717) is 9.61 Å². The number of nitro groups is 1. The lowest BCUT2D eigenvalue weighted by Gasteiger charge is -2.23. The number of anilines is 1. The van der Waals surface area contributed by atoms with E-state index in [0.717, 1.165) is 11.4 Å². The van der Waals surface area contributed by atoms with Crippen LogP contribution in [0.3, 0.4) is 0 Å². The number of nitrogens with one attached hydrogen (secondary N) is 1. The van der Waals surface area contributed by atoms with Crippen LogP contribution in [0.5, 0.6) is 0 Å². The summed E-state index contributed by atoms with van der Waals surface area (Å²) in [5, 5.41) is 14.1. The van der Waals surface area contributed by atoms with Crippen LogP contribution in [0.4, 0.5) is 11.4 Å². The lowest BCUT2D eigenvalue weighted by molar-refractivity contribution is -0.385. The third kappa shape index (κ3) is 3.48. The standard InChI is InChI=1S/C11H13IN2O2S/c12-10-6-8(3-4-11(10)14(15)16)13-9-2-1-5-17-7-9/h3-4,6,9,13H,1-2,5,7H2. The van der Waals surface area contributed by atoms with Crippen molar-refractivity contribution in [3.63, 3.8) is 0 Å². The predicted octanol–water partition coefficient (Wildman–Crippen LogP) is 3.51. The molecule has 0 saturated carbocycles. The molecule has 1 aliphatic rings. The molecule has 1 unspecified atom stereocenters. The average Bonchev–Trinajstić information content (AvgIpc) is 2.30. The van der Waals surface area contributed by atoms with Gasteiger partial charge in [0.25, 0.3) is 5.69 Å². The van der Waals surface area contributed by atoms with Crippen molar-refractivity contribution in [2.75, 3.05) is 16.8 Å². The van der Waals surface area contributed by atoms with Gasteiger partial charge in [-0.1, -0.05) is 0 Å². The number of halogens is 1. The molecule has 4 nitrogen and oxygen atoms in total. The predicted molar refractivity (Wildman–Crippen MR) is 79.8 cm³/mol. The van der Waals surface area contributed by atoms with Crippen LogP contribution in [0.25, 0.3) is 0 Å². The monoisotopic (exact) mass is 364 g/mol. The van der Waals surface area contributed by atoms with Crippen LogP contribution in [-0.4, -0.2) is 22.5 Å². The van der Waals surface area contributed by atoms with E-state index in [9.17, 15) is 10.1 Å². The van der Waals surface area contributed by atoms with E-state index in [2.05, 4.69) is 5.32 Å². The number of thioether (sulfide) groups is 1. The number of nitrogens with zero attached hydrogens (tertiary/aromatic N) is 1. The third-order valence-electron chi connectivity index (χ3n) is 2.68. The first-order chi connectivity index (χ1) is 8.16. The lowest BCUT2D eigenvalue weighted by atomic mass is 10.1. The molecule has 0 aliphatic carbocycles. The highest BCUT2D eigenvalue weighted by Crippen LogP contribution is 2.26. The minimum absolute atomic E-state index is 0.175. The Morgan fingerprint density at radius 1 is 1.53 bits per heavy atom. The van der Waals surface area contributed by atoms with Gasteiger partial charge < -0.3 is 5.32 Å². The molecule has 2 rings (SSSR count). The molecule has 1 N–H and O–H groups in total. The fourth-order valence-corrected chi connectivity index (χ4v) is 3.62. The van der Waals surface area contributed by atoms with Crippen molar-refractivity contribution in [2.45, 2.75) is 18.9 Å². The van der Waals surface area contributed by atoms with Gasteiger partial charge in [0.2, 0.25) is 0 Å². The maximum Gasteiger partial charge on any atom is 0.282 e. The Morgan fingerprint density at radius 2 is 2.35 bits per heavy atom. The zero-order valence-corrected chi connectivity index (χ0v) is 12.2. The minimum Gasteiger partial charge on any atom is -0.381 e. The Bertz CT molecular complexity index is 422. The van der Waals surface area contributed by atoms with E-state index in [1.54, 1.807) is 12.1 Å². The quantitative estimate of drug-likeness (QED) is 0.507. The Labute approximate surface area is 118 Å². The molecule has 92 valence electrons. The Balaban J connectivity index is 2.06. The van der Waals surface area contributed by atoms with Crippen molar-refractivity contribution in [3.8, 4) is 0 Å². The molecule has 1 saturated heterocycles. The van der Waals surface area contributed by atoms with E-state index in [1.165, 1.54) is 18.6 Å². The summed E-state index contributed by atoms with van der Waals surface area (Å²) in [7, 11) is 0. The normalized spacial score (nSPS) is 19.9. The van der Waals surface area contributed by atoms with Crippen LogP contribution < -0.4 is 5.32 Å². The van der Waals surface area contributed by atoms with E-state index < -0.39 is 0 Å². The average molecular weight is 364 g/mol. The summed E-state index contributed by atoms with van der Waals surface area (Å²) < 4.78 is 0.682. The lowest BCUT2D eigenvalue weighted by Crippen LogP contribution is -2.25. The van der Waals surface area contributed by atoms with Gasteiger partial charge in [0.05, 0.1) is 8.49 Å². The van der Waals surface area contributed by atoms with Gasteiger partial charge in [0.15, 0.2) is 0 Å². The third-order valence-corrected chi connectivity index (χ3v) is 4.75. The molecule has 0 bridgehead atoms. The first-order valence-corrected chi connectivity index (χ1v) is 7.68. The largest absolute Gasteiger partial charge is 0.381 e. The molecule has 1 atom stereocenters. The molecule has 1 aromatic carbocycles. The van der Waals surface area contributed by atoms with E-state index in [-0.39, 0.29) is 10.6 Å². The Morgan fingerprint density at radius 3 is 2.94 bits per heavy atom. The molecule has 1 heterocycles. The van der Waals surface area contributed by atoms with E-state index in [1.807, 2.05) is 40.4 Å². The highest BCUT2D eigenvalue weighted by Gasteiger charge is 2.15. The van der Waals surface area contributed by atoms with Crippen LogP contribution in [-0.2, 0) is 0 Å². The zero-order valence-electron chi connectivity index (χ0n) is 9.19. The van der Waals surface area contributed by atoms with E-state index in [4.69, 9.17) is 0 Å².